The first kappa shape index (κ1) is 28.3. The number of carboxylic acids is 1. The van der Waals surface area contributed by atoms with Crippen LogP contribution in [-0.2, 0) is 11.4 Å². The molecule has 0 radical (unpaired) electrons. The zero-order chi connectivity index (χ0) is 28.7. The maximum Gasteiger partial charge on any atom is 0.303 e. The largest absolute Gasteiger partial charge is 0.489 e. The highest BCUT2D eigenvalue weighted by atomic mass is 19.3. The van der Waals surface area contributed by atoms with Crippen molar-refractivity contribution in [2.75, 3.05) is 0 Å². The molecule has 0 heterocycles. The van der Waals surface area contributed by atoms with Gasteiger partial charge < -0.3 is 9.84 Å². The van der Waals surface area contributed by atoms with Crippen LogP contribution in [0.2, 0.25) is 0 Å². The summed E-state index contributed by atoms with van der Waals surface area (Å²) in [7, 11) is 0. The molecule has 0 unspecified atom stereocenters. The molecule has 3 aromatic carbocycles. The molecule has 0 amide bonds. The highest BCUT2D eigenvalue weighted by molar-refractivity contribution is 5.70. The molecule has 3 nitrogen and oxygen atoms in total. The molecule has 2 fully saturated rings. The van der Waals surface area contributed by atoms with E-state index in [0.29, 0.717) is 11.3 Å². The van der Waals surface area contributed by atoms with Gasteiger partial charge in [-0.25, -0.2) is 13.2 Å². The molecule has 2 aliphatic carbocycles. The SMILES string of the molecule is CC1(C)CCC[C@H]1c1cc(COc2cccc([C@@H](CC(=O)O)C3(C)CC3)c2)ccc1-c1cc(C(F)F)ccc1F. The molecular weight excluding hydrogens is 513 g/mol. The fourth-order valence-corrected chi connectivity index (χ4v) is 6.50. The van der Waals surface area contributed by atoms with Crippen LogP contribution in [0.4, 0.5) is 13.2 Å². The van der Waals surface area contributed by atoms with Gasteiger partial charge in [0.1, 0.15) is 18.2 Å². The molecule has 212 valence electrons. The van der Waals surface area contributed by atoms with Crippen LogP contribution in [0.15, 0.2) is 60.7 Å². The maximum absolute atomic E-state index is 15.0. The molecule has 2 aliphatic rings. The minimum Gasteiger partial charge on any atom is -0.489 e. The third kappa shape index (κ3) is 5.91. The van der Waals surface area contributed by atoms with E-state index in [1.165, 1.54) is 6.07 Å². The Labute approximate surface area is 234 Å². The molecule has 0 saturated heterocycles. The lowest BCUT2D eigenvalue weighted by Gasteiger charge is -2.30. The van der Waals surface area contributed by atoms with Gasteiger partial charge in [0, 0.05) is 11.1 Å². The normalized spacial score (nSPS) is 19.9. The highest BCUT2D eigenvalue weighted by Gasteiger charge is 2.46. The van der Waals surface area contributed by atoms with Crippen molar-refractivity contribution in [1.82, 2.24) is 0 Å². The first-order valence-corrected chi connectivity index (χ1v) is 14.1. The highest BCUT2D eigenvalue weighted by Crippen LogP contribution is 2.57. The summed E-state index contributed by atoms with van der Waals surface area (Å²) in [5.74, 6) is -0.552. The van der Waals surface area contributed by atoms with Crippen molar-refractivity contribution in [3.05, 3.63) is 88.7 Å². The minimum atomic E-state index is -2.67. The number of rotatable bonds is 10. The van der Waals surface area contributed by atoms with Crippen LogP contribution in [0.25, 0.3) is 11.1 Å². The number of alkyl halides is 2. The maximum atomic E-state index is 15.0. The summed E-state index contributed by atoms with van der Waals surface area (Å²) in [4.78, 5) is 11.6. The fourth-order valence-electron chi connectivity index (χ4n) is 6.50. The van der Waals surface area contributed by atoms with Gasteiger partial charge in [-0.05, 0) is 94.9 Å². The predicted molar refractivity (Wildman–Crippen MR) is 150 cm³/mol. The molecule has 40 heavy (non-hydrogen) atoms. The van der Waals surface area contributed by atoms with Gasteiger partial charge >= 0.3 is 5.97 Å². The van der Waals surface area contributed by atoms with Crippen LogP contribution < -0.4 is 4.74 Å². The first-order valence-electron chi connectivity index (χ1n) is 14.1. The van der Waals surface area contributed by atoms with Crippen LogP contribution in [0.3, 0.4) is 0 Å². The molecule has 1 N–H and O–H groups in total. The molecule has 0 aromatic heterocycles. The minimum absolute atomic E-state index is 0.00254. The number of ether oxygens (including phenoxy) is 1. The zero-order valence-corrected chi connectivity index (χ0v) is 23.4. The van der Waals surface area contributed by atoms with Gasteiger partial charge in [0.05, 0.1) is 6.42 Å². The zero-order valence-electron chi connectivity index (χ0n) is 23.4. The lowest BCUT2D eigenvalue weighted by atomic mass is 9.75. The summed E-state index contributed by atoms with van der Waals surface area (Å²) in [6.07, 6.45) is 2.50. The van der Waals surface area contributed by atoms with Crippen LogP contribution in [0.1, 0.15) is 99.8 Å². The van der Waals surface area contributed by atoms with Gasteiger partial charge in [0.2, 0.25) is 0 Å². The average molecular weight is 551 g/mol. The van der Waals surface area contributed by atoms with Crippen molar-refractivity contribution in [3.63, 3.8) is 0 Å². The van der Waals surface area contributed by atoms with E-state index in [0.717, 1.165) is 60.9 Å². The van der Waals surface area contributed by atoms with Gasteiger partial charge in [0.15, 0.2) is 0 Å². The van der Waals surface area contributed by atoms with Crippen molar-refractivity contribution >= 4 is 5.97 Å². The Kier molecular flexibility index (Phi) is 7.73. The van der Waals surface area contributed by atoms with Gasteiger partial charge in [-0.3, -0.25) is 4.79 Å². The fraction of sp³-hybridized carbons (Fsp3) is 0.441. The Morgan fingerprint density at radius 2 is 1.75 bits per heavy atom. The van der Waals surface area contributed by atoms with E-state index in [-0.39, 0.29) is 46.8 Å². The van der Waals surface area contributed by atoms with E-state index < -0.39 is 18.2 Å². The second-order valence-corrected chi connectivity index (χ2v) is 12.6. The summed E-state index contributed by atoms with van der Waals surface area (Å²) in [6, 6.07) is 17.0. The lowest BCUT2D eigenvalue weighted by molar-refractivity contribution is -0.137. The number of hydrogen-bond acceptors (Lipinski definition) is 2. The average Bonchev–Trinajstić information content (AvgIpc) is 3.56. The molecule has 0 aliphatic heterocycles. The monoisotopic (exact) mass is 550 g/mol. The number of benzene rings is 3. The summed E-state index contributed by atoms with van der Waals surface area (Å²) >= 11 is 0. The lowest BCUT2D eigenvalue weighted by Crippen LogP contribution is -2.17. The molecule has 0 bridgehead atoms. The smallest absolute Gasteiger partial charge is 0.303 e. The Hall–Kier alpha value is -3.28. The Balaban J connectivity index is 1.44. The van der Waals surface area contributed by atoms with Gasteiger partial charge in [-0.2, -0.15) is 0 Å². The molecule has 3 aromatic rings. The molecular formula is C34H37F3O3. The Morgan fingerprint density at radius 3 is 2.40 bits per heavy atom. The summed E-state index contributed by atoms with van der Waals surface area (Å²) in [5, 5.41) is 9.48. The number of carbonyl (C=O) groups is 1. The van der Waals surface area contributed by atoms with Crippen LogP contribution >= 0.6 is 0 Å². The van der Waals surface area contributed by atoms with Gasteiger partial charge in [-0.1, -0.05) is 63.6 Å². The van der Waals surface area contributed by atoms with E-state index in [2.05, 4.69) is 20.8 Å². The predicted octanol–water partition coefficient (Wildman–Crippen LogP) is 9.66. The van der Waals surface area contributed by atoms with Crippen molar-refractivity contribution < 1.29 is 27.8 Å². The van der Waals surface area contributed by atoms with Crippen LogP contribution in [-0.4, -0.2) is 11.1 Å². The number of hydrogen-bond donors (Lipinski definition) is 1. The number of aliphatic carboxylic acids is 1. The van der Waals surface area contributed by atoms with Crippen molar-refractivity contribution in [3.8, 4) is 16.9 Å². The third-order valence-electron chi connectivity index (χ3n) is 9.21. The summed E-state index contributed by atoms with van der Waals surface area (Å²) in [6.45, 7) is 6.85. The van der Waals surface area contributed by atoms with E-state index in [1.54, 1.807) is 0 Å². The Bertz CT molecular complexity index is 1390. The third-order valence-corrected chi connectivity index (χ3v) is 9.21. The van der Waals surface area contributed by atoms with Crippen LogP contribution in [0.5, 0.6) is 5.75 Å². The van der Waals surface area contributed by atoms with Crippen LogP contribution in [0, 0.1) is 16.6 Å². The van der Waals surface area contributed by atoms with Crippen molar-refractivity contribution in [2.45, 2.75) is 84.2 Å². The summed E-state index contributed by atoms with van der Waals surface area (Å²) < 4.78 is 48.2. The second kappa shape index (κ2) is 10.9. The molecule has 0 spiro atoms. The summed E-state index contributed by atoms with van der Waals surface area (Å²) in [5.41, 5.74) is 3.51. The van der Waals surface area contributed by atoms with E-state index in [4.69, 9.17) is 4.74 Å². The molecule has 2 saturated carbocycles. The van der Waals surface area contributed by atoms with E-state index >= 15 is 4.39 Å². The molecule has 5 rings (SSSR count). The molecule has 6 heteroatoms. The van der Waals surface area contributed by atoms with E-state index in [1.807, 2.05) is 42.5 Å². The van der Waals surface area contributed by atoms with E-state index in [9.17, 15) is 18.7 Å². The van der Waals surface area contributed by atoms with Gasteiger partial charge in [0.25, 0.3) is 6.43 Å². The number of carboxylic acid groups (broad SMARTS) is 1. The topological polar surface area (TPSA) is 46.5 Å². The first-order chi connectivity index (χ1) is 19.0. The second-order valence-electron chi connectivity index (χ2n) is 12.6. The van der Waals surface area contributed by atoms with Crippen molar-refractivity contribution in [1.29, 1.82) is 0 Å². The van der Waals surface area contributed by atoms with Gasteiger partial charge in [-0.15, -0.1) is 0 Å². The standard InChI is InChI=1S/C34H37F3O3/c1-33(2)13-5-8-28(33)26-16-21(9-11-25(26)27-18-23(32(36)37)10-12-30(27)35)20-40-24-7-4-6-22(17-24)29(19-31(38)39)34(3)14-15-34/h4,6-7,9-12,16-18,28-29,32H,5,8,13-15,19-20H2,1-3H3,(H,38,39)/t28-,29+/m0/s1. The van der Waals surface area contributed by atoms with Crippen molar-refractivity contribution in [2.24, 2.45) is 10.8 Å². The quantitative estimate of drug-likeness (QED) is 0.273. The molecule has 2 atom stereocenters. The number of halogens is 3. The Morgan fingerprint density at radius 1 is 0.975 bits per heavy atom.